The molecule has 0 aliphatic carbocycles. The SMILES string of the molecule is CSc1ccc(NC(=O)O[C@H](c2ccc(O)c(F)c2)[C@@H](C)CC/C=C/C(=O)Nc2ccccc2N)cc1. The van der Waals surface area contributed by atoms with Gasteiger partial charge in [-0.3, -0.25) is 10.1 Å². The number of rotatable bonds is 10. The quantitative estimate of drug-likeness (QED) is 0.133. The molecule has 9 heteroatoms. The summed E-state index contributed by atoms with van der Waals surface area (Å²) in [6.45, 7) is 1.87. The zero-order valence-electron chi connectivity index (χ0n) is 20.6. The Labute approximate surface area is 219 Å². The molecular weight excluding hydrogens is 493 g/mol. The number of thioether (sulfide) groups is 1. The average Bonchev–Trinajstić information content (AvgIpc) is 2.88. The molecule has 0 fully saturated rings. The van der Waals surface area contributed by atoms with Gasteiger partial charge in [-0.25, -0.2) is 9.18 Å². The second kappa shape index (κ2) is 13.4. The number of ether oxygens (including phenoxy) is 1. The van der Waals surface area contributed by atoms with Crippen LogP contribution in [0.15, 0.2) is 83.8 Å². The molecule has 0 saturated heterocycles. The highest BCUT2D eigenvalue weighted by Gasteiger charge is 2.24. The van der Waals surface area contributed by atoms with Gasteiger partial charge in [-0.05, 0) is 85.2 Å². The van der Waals surface area contributed by atoms with Crippen LogP contribution in [0, 0.1) is 11.7 Å². The fourth-order valence-electron chi connectivity index (χ4n) is 3.64. The minimum Gasteiger partial charge on any atom is -0.505 e. The summed E-state index contributed by atoms with van der Waals surface area (Å²) in [5.74, 6) is -1.83. The fourth-order valence-corrected chi connectivity index (χ4v) is 4.04. The average molecular weight is 524 g/mol. The molecule has 3 aromatic rings. The number of hydrogen-bond acceptors (Lipinski definition) is 6. The smallest absolute Gasteiger partial charge is 0.412 e. The Morgan fingerprint density at radius 3 is 2.51 bits per heavy atom. The predicted octanol–water partition coefficient (Wildman–Crippen LogP) is 6.74. The number of phenols is 1. The molecule has 0 saturated carbocycles. The normalized spacial score (nSPS) is 12.6. The number of aromatic hydroxyl groups is 1. The van der Waals surface area contributed by atoms with Gasteiger partial charge in [-0.1, -0.05) is 31.2 Å². The van der Waals surface area contributed by atoms with E-state index in [1.54, 1.807) is 54.2 Å². The number of nitrogens with one attached hydrogen (secondary N) is 2. The number of halogens is 1. The minimum absolute atomic E-state index is 0.231. The molecule has 0 bridgehead atoms. The highest BCUT2D eigenvalue weighted by Crippen LogP contribution is 2.32. The van der Waals surface area contributed by atoms with Gasteiger partial charge in [0.15, 0.2) is 11.6 Å². The second-order valence-corrected chi connectivity index (χ2v) is 9.30. The third-order valence-electron chi connectivity index (χ3n) is 5.66. The van der Waals surface area contributed by atoms with Crippen LogP contribution in [0.4, 0.5) is 26.2 Å². The Morgan fingerprint density at radius 1 is 1.11 bits per heavy atom. The number of carbonyl (C=O) groups excluding carboxylic acids is 2. The maximum atomic E-state index is 14.1. The van der Waals surface area contributed by atoms with E-state index in [0.717, 1.165) is 11.0 Å². The molecule has 0 radical (unpaired) electrons. The van der Waals surface area contributed by atoms with E-state index < -0.39 is 23.8 Å². The molecule has 3 aromatic carbocycles. The largest absolute Gasteiger partial charge is 0.505 e. The second-order valence-electron chi connectivity index (χ2n) is 8.42. The third kappa shape index (κ3) is 8.28. The first-order chi connectivity index (χ1) is 17.8. The predicted molar refractivity (Wildman–Crippen MR) is 146 cm³/mol. The van der Waals surface area contributed by atoms with Crippen LogP contribution in [0.25, 0.3) is 0 Å². The van der Waals surface area contributed by atoms with Gasteiger partial charge in [-0.2, -0.15) is 0 Å². The molecule has 3 rings (SSSR count). The van der Waals surface area contributed by atoms with Gasteiger partial charge in [-0.15, -0.1) is 11.8 Å². The number of allylic oxidation sites excluding steroid dienone is 1. The summed E-state index contributed by atoms with van der Waals surface area (Å²) < 4.78 is 19.8. The lowest BCUT2D eigenvalue weighted by Crippen LogP contribution is -2.22. The zero-order chi connectivity index (χ0) is 26.8. The monoisotopic (exact) mass is 523 g/mol. The summed E-state index contributed by atoms with van der Waals surface area (Å²) in [6, 6.07) is 18.2. The highest BCUT2D eigenvalue weighted by atomic mass is 32.2. The van der Waals surface area contributed by atoms with Crippen LogP contribution in [0.2, 0.25) is 0 Å². The summed E-state index contributed by atoms with van der Waals surface area (Å²) in [5, 5.41) is 15.0. The summed E-state index contributed by atoms with van der Waals surface area (Å²) in [6.07, 6.45) is 4.68. The lowest BCUT2D eigenvalue weighted by atomic mass is 9.93. The van der Waals surface area contributed by atoms with Crippen LogP contribution in [-0.2, 0) is 9.53 Å². The lowest BCUT2D eigenvalue weighted by Gasteiger charge is -2.25. The van der Waals surface area contributed by atoms with Gasteiger partial charge in [0.2, 0.25) is 5.91 Å². The highest BCUT2D eigenvalue weighted by molar-refractivity contribution is 7.98. The molecule has 0 unspecified atom stereocenters. The molecule has 194 valence electrons. The number of hydrogen-bond donors (Lipinski definition) is 4. The topological polar surface area (TPSA) is 114 Å². The fraction of sp³-hybridized carbons (Fsp3) is 0.214. The Morgan fingerprint density at radius 2 is 1.84 bits per heavy atom. The van der Waals surface area contributed by atoms with Crippen LogP contribution >= 0.6 is 11.8 Å². The standard InChI is InChI=1S/C28H30FN3O4S/c1-18(7-3-6-10-26(34)32-24-9-5-4-8-23(24)30)27(19-11-16-25(33)22(29)17-19)36-28(35)31-20-12-14-21(37-2)15-13-20/h4-6,8-18,27,33H,3,7,30H2,1-2H3,(H,31,35)(H,32,34)/b10-6+/t18-,27-/m0/s1. The first kappa shape index (κ1) is 27.6. The van der Waals surface area contributed by atoms with Crippen molar-refractivity contribution in [1.82, 2.24) is 0 Å². The van der Waals surface area contributed by atoms with E-state index in [0.29, 0.717) is 35.5 Å². The zero-order valence-corrected chi connectivity index (χ0v) is 21.4. The maximum absolute atomic E-state index is 14.1. The molecule has 5 N–H and O–H groups in total. The van der Waals surface area contributed by atoms with E-state index in [1.807, 2.05) is 25.3 Å². The van der Waals surface area contributed by atoms with Gasteiger partial charge in [0.1, 0.15) is 6.10 Å². The number of nitrogen functional groups attached to an aromatic ring is 1. The van der Waals surface area contributed by atoms with Crippen LogP contribution in [0.1, 0.15) is 31.4 Å². The lowest BCUT2D eigenvalue weighted by molar-refractivity contribution is -0.111. The van der Waals surface area contributed by atoms with E-state index in [4.69, 9.17) is 10.5 Å². The molecule has 37 heavy (non-hydrogen) atoms. The van der Waals surface area contributed by atoms with Crippen molar-refractivity contribution in [3.05, 3.63) is 90.3 Å². The van der Waals surface area contributed by atoms with Crippen LogP contribution in [0.3, 0.4) is 0 Å². The van der Waals surface area contributed by atoms with E-state index >= 15 is 0 Å². The number of nitrogens with two attached hydrogens (primary N) is 1. The van der Waals surface area contributed by atoms with E-state index in [2.05, 4.69) is 10.6 Å². The number of amides is 2. The molecule has 0 spiro atoms. The van der Waals surface area contributed by atoms with Crippen LogP contribution in [-0.4, -0.2) is 23.4 Å². The number of para-hydroxylation sites is 2. The summed E-state index contributed by atoms with van der Waals surface area (Å²) in [7, 11) is 0. The van der Waals surface area contributed by atoms with E-state index in [9.17, 15) is 19.1 Å². The van der Waals surface area contributed by atoms with Crippen molar-refractivity contribution < 1.29 is 23.8 Å². The number of anilines is 3. The van der Waals surface area contributed by atoms with E-state index in [-0.39, 0.29) is 11.8 Å². The molecular formula is C28H30FN3O4S. The van der Waals surface area contributed by atoms with E-state index in [1.165, 1.54) is 18.2 Å². The molecule has 2 atom stereocenters. The van der Waals surface area contributed by atoms with Gasteiger partial charge in [0, 0.05) is 10.6 Å². The van der Waals surface area contributed by atoms with Crippen molar-refractivity contribution in [2.75, 3.05) is 22.6 Å². The Bertz CT molecular complexity index is 1250. The van der Waals surface area contributed by atoms with Gasteiger partial charge in [0.25, 0.3) is 0 Å². The van der Waals surface area contributed by atoms with Crippen molar-refractivity contribution >= 4 is 40.8 Å². The van der Waals surface area contributed by atoms with Gasteiger partial charge < -0.3 is 20.9 Å². The number of benzene rings is 3. The Balaban J connectivity index is 1.63. The van der Waals surface area contributed by atoms with Gasteiger partial charge in [0.05, 0.1) is 11.4 Å². The molecule has 0 aromatic heterocycles. The first-order valence-electron chi connectivity index (χ1n) is 11.7. The minimum atomic E-state index is -0.803. The third-order valence-corrected chi connectivity index (χ3v) is 6.41. The molecule has 0 heterocycles. The molecule has 7 nitrogen and oxygen atoms in total. The van der Waals surface area contributed by atoms with Crippen LogP contribution in [0.5, 0.6) is 5.75 Å². The molecule has 0 aliphatic rings. The Kier molecular flexibility index (Phi) is 9.97. The molecule has 0 aliphatic heterocycles. The number of phenolic OH excluding ortho intramolecular Hbond substituents is 1. The van der Waals surface area contributed by atoms with Gasteiger partial charge >= 0.3 is 6.09 Å². The first-order valence-corrected chi connectivity index (χ1v) is 12.9. The van der Waals surface area contributed by atoms with Crippen molar-refractivity contribution in [1.29, 1.82) is 0 Å². The number of carbonyl (C=O) groups is 2. The van der Waals surface area contributed by atoms with Crippen LogP contribution < -0.4 is 16.4 Å². The summed E-state index contributed by atoms with van der Waals surface area (Å²) >= 11 is 1.59. The van der Waals surface area contributed by atoms with Crippen molar-refractivity contribution in [2.45, 2.75) is 30.8 Å². The summed E-state index contributed by atoms with van der Waals surface area (Å²) in [4.78, 5) is 25.9. The maximum Gasteiger partial charge on any atom is 0.412 e. The van der Waals surface area contributed by atoms with Crippen molar-refractivity contribution in [3.63, 3.8) is 0 Å². The summed E-state index contributed by atoms with van der Waals surface area (Å²) in [5.41, 5.74) is 7.83. The van der Waals surface area contributed by atoms with Crippen molar-refractivity contribution in [3.8, 4) is 5.75 Å². The van der Waals surface area contributed by atoms with Crippen molar-refractivity contribution in [2.24, 2.45) is 5.92 Å². The Hall–Kier alpha value is -3.98. The molecule has 2 amide bonds.